The van der Waals surface area contributed by atoms with E-state index in [2.05, 4.69) is 10.2 Å². The Bertz CT molecular complexity index is 1020. The number of nitrogens with one attached hydrogen (secondary N) is 1. The molecule has 2 heterocycles. The molecule has 1 aromatic heterocycles. The molecule has 0 saturated carbocycles. The maximum atomic E-state index is 12.8. The van der Waals surface area contributed by atoms with Crippen molar-refractivity contribution in [3.63, 3.8) is 0 Å². The molecule has 3 aromatic rings. The van der Waals surface area contributed by atoms with E-state index < -0.39 is 0 Å². The van der Waals surface area contributed by atoms with Gasteiger partial charge in [0.15, 0.2) is 5.69 Å². The van der Waals surface area contributed by atoms with E-state index in [-0.39, 0.29) is 11.8 Å². The van der Waals surface area contributed by atoms with Crippen molar-refractivity contribution in [2.24, 2.45) is 0 Å². The molecule has 27 heavy (non-hydrogen) atoms. The predicted molar refractivity (Wildman–Crippen MR) is 103 cm³/mol. The van der Waals surface area contributed by atoms with Crippen molar-refractivity contribution in [1.82, 2.24) is 20.0 Å². The molecule has 4 rings (SSSR count). The lowest BCUT2D eigenvalue weighted by molar-refractivity contribution is 0.0533. The predicted octanol–water partition coefficient (Wildman–Crippen LogP) is 2.05. The summed E-state index contributed by atoms with van der Waals surface area (Å²) in [6.07, 6.45) is 0. The number of nitrogens with two attached hydrogens (primary N) is 1. The topological polar surface area (TPSA) is 95.3 Å². The fourth-order valence-corrected chi connectivity index (χ4v) is 3.34. The number of amides is 2. The van der Waals surface area contributed by atoms with E-state index in [1.165, 1.54) is 0 Å². The second-order valence-corrected chi connectivity index (χ2v) is 6.77. The van der Waals surface area contributed by atoms with Crippen molar-refractivity contribution >= 4 is 28.4 Å². The summed E-state index contributed by atoms with van der Waals surface area (Å²) >= 11 is 0. The lowest BCUT2D eigenvalue weighted by Crippen LogP contribution is -2.50. The van der Waals surface area contributed by atoms with Crippen LogP contribution in [0.5, 0.6) is 0 Å². The number of rotatable bonds is 2. The van der Waals surface area contributed by atoms with Gasteiger partial charge in [0.05, 0.1) is 5.52 Å². The lowest BCUT2D eigenvalue weighted by atomic mass is 10.1. The standard InChI is InChI=1S/C20H21N5O2/c1-13-6-7-14(12-16(13)21)19(26)24-8-10-25(11-9-24)20(27)18-15-4-2-3-5-17(15)22-23-18/h2-7,12H,8-11,21H2,1H3,(H,22,23). The number of hydrogen-bond donors (Lipinski definition) is 2. The number of H-pyrrole nitrogens is 1. The number of nitrogen functional groups attached to an aromatic ring is 1. The Morgan fingerprint density at radius 2 is 1.67 bits per heavy atom. The Balaban J connectivity index is 1.44. The Labute approximate surface area is 156 Å². The number of aryl methyl sites for hydroxylation is 1. The SMILES string of the molecule is Cc1ccc(C(=O)N2CCN(C(=O)c3n[nH]c4ccccc34)CC2)cc1N. The Morgan fingerprint density at radius 3 is 2.37 bits per heavy atom. The van der Waals surface area contributed by atoms with Crippen LogP contribution in [0, 0.1) is 6.92 Å². The van der Waals surface area contributed by atoms with Crippen LogP contribution in [0.2, 0.25) is 0 Å². The van der Waals surface area contributed by atoms with E-state index >= 15 is 0 Å². The molecule has 2 amide bonds. The monoisotopic (exact) mass is 363 g/mol. The van der Waals surface area contributed by atoms with Crippen molar-refractivity contribution in [1.29, 1.82) is 0 Å². The first-order valence-corrected chi connectivity index (χ1v) is 8.92. The van der Waals surface area contributed by atoms with Gasteiger partial charge in [-0.1, -0.05) is 24.3 Å². The average molecular weight is 363 g/mol. The second-order valence-electron chi connectivity index (χ2n) is 6.77. The number of aromatic amines is 1. The van der Waals surface area contributed by atoms with E-state index in [9.17, 15) is 9.59 Å². The molecule has 2 aromatic carbocycles. The maximum absolute atomic E-state index is 12.8. The summed E-state index contributed by atoms with van der Waals surface area (Å²) in [4.78, 5) is 29.0. The number of carbonyl (C=O) groups excluding carboxylic acids is 2. The number of para-hydroxylation sites is 1. The molecule has 0 aliphatic carbocycles. The summed E-state index contributed by atoms with van der Waals surface area (Å²) in [6.45, 7) is 3.84. The van der Waals surface area contributed by atoms with E-state index in [4.69, 9.17) is 5.73 Å². The largest absolute Gasteiger partial charge is 0.398 e. The first-order chi connectivity index (χ1) is 13.0. The highest BCUT2D eigenvalue weighted by atomic mass is 16.2. The van der Waals surface area contributed by atoms with Crippen molar-refractivity contribution in [3.8, 4) is 0 Å². The van der Waals surface area contributed by atoms with E-state index in [1.54, 1.807) is 21.9 Å². The van der Waals surface area contributed by atoms with Crippen LogP contribution in [0.1, 0.15) is 26.4 Å². The van der Waals surface area contributed by atoms with Crippen LogP contribution in [0.4, 0.5) is 5.69 Å². The number of nitrogens with zero attached hydrogens (tertiary/aromatic N) is 3. The van der Waals surface area contributed by atoms with Crippen LogP contribution in [-0.4, -0.2) is 58.0 Å². The molecule has 138 valence electrons. The van der Waals surface area contributed by atoms with Crippen LogP contribution in [0.25, 0.3) is 10.9 Å². The highest BCUT2D eigenvalue weighted by Crippen LogP contribution is 2.19. The number of anilines is 1. The molecule has 1 aliphatic heterocycles. The molecule has 0 bridgehead atoms. The molecule has 1 aliphatic rings. The number of hydrogen-bond acceptors (Lipinski definition) is 4. The van der Waals surface area contributed by atoms with Gasteiger partial charge < -0.3 is 15.5 Å². The summed E-state index contributed by atoms with van der Waals surface area (Å²) in [6, 6.07) is 12.9. The zero-order valence-electron chi connectivity index (χ0n) is 15.1. The van der Waals surface area contributed by atoms with Gasteiger partial charge in [0.2, 0.25) is 0 Å². The van der Waals surface area contributed by atoms with Gasteiger partial charge in [-0.3, -0.25) is 14.7 Å². The summed E-state index contributed by atoms with van der Waals surface area (Å²) in [5.41, 5.74) is 9.33. The highest BCUT2D eigenvalue weighted by Gasteiger charge is 2.27. The third-order valence-corrected chi connectivity index (χ3v) is 5.05. The van der Waals surface area contributed by atoms with Crippen LogP contribution in [-0.2, 0) is 0 Å². The lowest BCUT2D eigenvalue weighted by Gasteiger charge is -2.34. The van der Waals surface area contributed by atoms with Gasteiger partial charge in [0.25, 0.3) is 11.8 Å². The van der Waals surface area contributed by atoms with Gasteiger partial charge in [-0.05, 0) is 30.7 Å². The molecule has 0 atom stereocenters. The van der Waals surface area contributed by atoms with E-state index in [0.717, 1.165) is 16.5 Å². The van der Waals surface area contributed by atoms with Crippen LogP contribution in [0.3, 0.4) is 0 Å². The molecule has 7 heteroatoms. The minimum Gasteiger partial charge on any atom is -0.398 e. The minimum absolute atomic E-state index is 0.0565. The molecular weight excluding hydrogens is 342 g/mol. The van der Waals surface area contributed by atoms with Gasteiger partial charge in [-0.25, -0.2) is 0 Å². The number of aromatic nitrogens is 2. The second kappa shape index (κ2) is 6.75. The maximum Gasteiger partial charge on any atom is 0.275 e. The van der Waals surface area contributed by atoms with Gasteiger partial charge in [-0.2, -0.15) is 5.10 Å². The molecule has 0 spiro atoms. The van der Waals surface area contributed by atoms with Gasteiger partial charge in [-0.15, -0.1) is 0 Å². The fourth-order valence-electron chi connectivity index (χ4n) is 3.34. The van der Waals surface area contributed by atoms with Gasteiger partial charge in [0.1, 0.15) is 0 Å². The summed E-state index contributed by atoms with van der Waals surface area (Å²) in [5.74, 6) is -0.168. The molecule has 3 N–H and O–H groups in total. The number of fused-ring (bicyclic) bond motifs is 1. The number of carbonyl (C=O) groups is 2. The molecule has 1 fully saturated rings. The molecule has 7 nitrogen and oxygen atoms in total. The Hall–Kier alpha value is -3.35. The Kier molecular flexibility index (Phi) is 4.27. The third kappa shape index (κ3) is 3.12. The minimum atomic E-state index is -0.112. The zero-order chi connectivity index (χ0) is 19.0. The average Bonchev–Trinajstić information content (AvgIpc) is 3.13. The van der Waals surface area contributed by atoms with Gasteiger partial charge in [0, 0.05) is 42.8 Å². The van der Waals surface area contributed by atoms with Crippen molar-refractivity contribution in [3.05, 3.63) is 59.3 Å². The quantitative estimate of drug-likeness (QED) is 0.681. The van der Waals surface area contributed by atoms with Crippen molar-refractivity contribution in [2.45, 2.75) is 6.92 Å². The zero-order valence-corrected chi connectivity index (χ0v) is 15.1. The summed E-state index contributed by atoms with van der Waals surface area (Å²) in [7, 11) is 0. The Morgan fingerprint density at radius 1 is 1.00 bits per heavy atom. The van der Waals surface area contributed by atoms with E-state index in [1.807, 2.05) is 37.3 Å². The third-order valence-electron chi connectivity index (χ3n) is 5.05. The van der Waals surface area contributed by atoms with Crippen LogP contribution in [0.15, 0.2) is 42.5 Å². The molecule has 1 saturated heterocycles. The normalized spacial score (nSPS) is 14.6. The molecular formula is C20H21N5O2. The van der Waals surface area contributed by atoms with Gasteiger partial charge >= 0.3 is 0 Å². The van der Waals surface area contributed by atoms with Crippen LogP contribution < -0.4 is 5.73 Å². The van der Waals surface area contributed by atoms with Crippen molar-refractivity contribution < 1.29 is 9.59 Å². The van der Waals surface area contributed by atoms with Crippen molar-refractivity contribution in [2.75, 3.05) is 31.9 Å². The first kappa shape index (κ1) is 17.1. The van der Waals surface area contributed by atoms with Crippen LogP contribution >= 0.6 is 0 Å². The van der Waals surface area contributed by atoms with E-state index in [0.29, 0.717) is 43.1 Å². The highest BCUT2D eigenvalue weighted by molar-refractivity contribution is 6.04. The number of benzene rings is 2. The smallest absolute Gasteiger partial charge is 0.275 e. The summed E-state index contributed by atoms with van der Waals surface area (Å²) in [5, 5.41) is 7.89. The first-order valence-electron chi connectivity index (χ1n) is 8.92. The molecule has 0 unspecified atom stereocenters. The number of piperazine rings is 1. The fraction of sp³-hybridized carbons (Fsp3) is 0.250. The summed E-state index contributed by atoms with van der Waals surface area (Å²) < 4.78 is 0. The molecule has 0 radical (unpaired) electrons.